The number of epoxide rings is 1. The van der Waals surface area contributed by atoms with Crippen molar-refractivity contribution in [3.8, 4) is 17.4 Å². The first-order chi connectivity index (χ1) is 19.5. The van der Waals surface area contributed by atoms with Gasteiger partial charge >= 0.3 is 11.9 Å². The number of aromatic amines is 1. The maximum Gasteiger partial charge on any atom is 0.433 e. The number of H-pyrrole nitrogens is 1. The Labute approximate surface area is 228 Å². The van der Waals surface area contributed by atoms with Crippen LogP contribution in [0.15, 0.2) is 53.8 Å². The van der Waals surface area contributed by atoms with Crippen LogP contribution >= 0.6 is 0 Å². The summed E-state index contributed by atoms with van der Waals surface area (Å²) in [7, 11) is 0. The number of hydrogen-bond donors (Lipinski definition) is 2. The number of halogens is 4. The smallest absolute Gasteiger partial charge is 0.433 e. The average Bonchev–Trinajstić information content (AvgIpc) is 3.34. The number of nitrogens with one attached hydrogen (secondary N) is 2. The molecule has 6 rings (SSSR count). The van der Waals surface area contributed by atoms with E-state index in [0.29, 0.717) is 21.4 Å². The molecule has 1 aromatic carbocycles. The van der Waals surface area contributed by atoms with Crippen LogP contribution in [0.3, 0.4) is 0 Å². The van der Waals surface area contributed by atoms with E-state index in [0.717, 1.165) is 12.3 Å². The zero-order valence-electron chi connectivity index (χ0n) is 21.8. The Hall–Kier alpha value is -4.79. The van der Waals surface area contributed by atoms with Crippen LogP contribution in [0.25, 0.3) is 17.1 Å². The lowest BCUT2D eigenvalue weighted by Gasteiger charge is -2.13. The molecule has 2 N–H and O–H groups in total. The predicted molar refractivity (Wildman–Crippen MR) is 137 cm³/mol. The van der Waals surface area contributed by atoms with Gasteiger partial charge in [0, 0.05) is 48.0 Å². The Morgan fingerprint density at radius 1 is 1.10 bits per heavy atom. The molecule has 5 heterocycles. The van der Waals surface area contributed by atoms with Crippen LogP contribution in [0.1, 0.15) is 42.8 Å². The lowest BCUT2D eigenvalue weighted by atomic mass is 10.1. The minimum absolute atomic E-state index is 0.126. The highest BCUT2D eigenvalue weighted by Crippen LogP contribution is 2.45. The normalized spacial score (nSPS) is 16.9. The number of imidazole rings is 1. The van der Waals surface area contributed by atoms with E-state index in [1.165, 1.54) is 41.4 Å². The SMILES string of the molecule is Cc1cnc(-n2ncc(C3OC3Nc3ccc(Oc4ccnc5[nH]c(=O)n(C(C)C)c45)c(F)c3)c2C(F)(F)F)nc1. The molecule has 1 saturated heterocycles. The van der Waals surface area contributed by atoms with Gasteiger partial charge in [0.05, 0.1) is 6.20 Å². The number of aromatic nitrogens is 7. The number of nitrogens with zero attached hydrogens (tertiary/aromatic N) is 6. The summed E-state index contributed by atoms with van der Waals surface area (Å²) in [4.78, 5) is 27.0. The lowest BCUT2D eigenvalue weighted by Crippen LogP contribution is -2.18. The minimum Gasteiger partial charge on any atom is -0.452 e. The Bertz CT molecular complexity index is 1810. The molecule has 1 aliphatic rings. The van der Waals surface area contributed by atoms with Gasteiger partial charge in [0.2, 0.25) is 0 Å². The molecule has 1 aliphatic heterocycles. The topological polar surface area (TPSA) is 128 Å². The third-order valence-corrected chi connectivity index (χ3v) is 6.37. The van der Waals surface area contributed by atoms with Crippen LogP contribution in [0.5, 0.6) is 11.5 Å². The first-order valence-corrected chi connectivity index (χ1v) is 12.4. The summed E-state index contributed by atoms with van der Waals surface area (Å²) in [5.74, 6) is -0.875. The van der Waals surface area contributed by atoms with Crippen LogP contribution in [0.4, 0.5) is 23.2 Å². The molecule has 1 fully saturated rings. The third kappa shape index (κ3) is 4.88. The first kappa shape index (κ1) is 26.4. The number of benzene rings is 1. The second kappa shape index (κ2) is 9.69. The monoisotopic (exact) mass is 570 g/mol. The van der Waals surface area contributed by atoms with Crippen molar-refractivity contribution in [1.29, 1.82) is 0 Å². The van der Waals surface area contributed by atoms with Crippen LogP contribution in [-0.4, -0.2) is 40.5 Å². The van der Waals surface area contributed by atoms with Crippen molar-refractivity contribution in [2.45, 2.75) is 45.3 Å². The quantitative estimate of drug-likeness (QED) is 0.206. The van der Waals surface area contributed by atoms with Crippen molar-refractivity contribution in [2.24, 2.45) is 0 Å². The zero-order valence-corrected chi connectivity index (χ0v) is 21.8. The van der Waals surface area contributed by atoms with Crippen molar-refractivity contribution < 1.29 is 27.0 Å². The van der Waals surface area contributed by atoms with Crippen molar-refractivity contribution in [1.82, 2.24) is 34.3 Å². The number of rotatable bonds is 7. The minimum atomic E-state index is -4.76. The van der Waals surface area contributed by atoms with E-state index in [9.17, 15) is 18.0 Å². The summed E-state index contributed by atoms with van der Waals surface area (Å²) < 4.78 is 70.4. The van der Waals surface area contributed by atoms with E-state index in [4.69, 9.17) is 9.47 Å². The standard InChI is InChI=1S/C26H22F4N8O3/c1-12(2)37-19-18(6-7-31-22(19)36-25(37)39)40-17-5-4-14(8-16(17)27)35-23-20(41-23)15-11-34-38(21(15)26(28,29)30)24-32-9-13(3)10-33-24/h4-12,20,23,35H,1-3H3,(H,31,36,39). The molecule has 2 atom stereocenters. The predicted octanol–water partition coefficient (Wildman–Crippen LogP) is 5.05. The van der Waals surface area contributed by atoms with E-state index >= 15 is 4.39 Å². The highest BCUT2D eigenvalue weighted by atomic mass is 19.4. The van der Waals surface area contributed by atoms with Crippen molar-refractivity contribution in [3.05, 3.63) is 82.2 Å². The fraction of sp³-hybridized carbons (Fsp3) is 0.269. The molecule has 0 saturated carbocycles. The fourth-order valence-electron chi connectivity index (χ4n) is 4.51. The second-order valence-electron chi connectivity index (χ2n) is 9.69. The third-order valence-electron chi connectivity index (χ3n) is 6.37. The average molecular weight is 571 g/mol. The molecule has 0 aliphatic carbocycles. The molecule has 0 spiro atoms. The maximum atomic E-state index is 15.1. The van der Waals surface area contributed by atoms with E-state index < -0.39 is 30.0 Å². The Morgan fingerprint density at radius 3 is 2.54 bits per heavy atom. The number of aryl methyl sites for hydroxylation is 1. The van der Waals surface area contributed by atoms with Crippen molar-refractivity contribution in [2.75, 3.05) is 5.32 Å². The number of hydrogen-bond acceptors (Lipinski definition) is 8. The Kier molecular flexibility index (Phi) is 6.25. The van der Waals surface area contributed by atoms with Gasteiger partial charge in [-0.25, -0.2) is 24.1 Å². The van der Waals surface area contributed by atoms with Crippen LogP contribution < -0.4 is 15.7 Å². The Balaban J connectivity index is 1.21. The van der Waals surface area contributed by atoms with Gasteiger partial charge in [0.15, 0.2) is 34.9 Å². The summed E-state index contributed by atoms with van der Waals surface area (Å²) in [6, 6.07) is 5.30. The Morgan fingerprint density at radius 2 is 1.85 bits per heavy atom. The number of fused-ring (bicyclic) bond motifs is 1. The largest absolute Gasteiger partial charge is 0.452 e. The van der Waals surface area contributed by atoms with Crippen LogP contribution in [0, 0.1) is 12.7 Å². The zero-order chi connectivity index (χ0) is 29.1. The second-order valence-corrected chi connectivity index (χ2v) is 9.69. The molecule has 11 nitrogen and oxygen atoms in total. The number of anilines is 1. The van der Waals surface area contributed by atoms with E-state index in [1.807, 2.05) is 13.8 Å². The highest BCUT2D eigenvalue weighted by Gasteiger charge is 2.49. The highest BCUT2D eigenvalue weighted by molar-refractivity contribution is 5.78. The number of ether oxygens (including phenoxy) is 2. The van der Waals surface area contributed by atoms with Gasteiger partial charge in [0.1, 0.15) is 11.6 Å². The van der Waals surface area contributed by atoms with Gasteiger partial charge in [-0.1, -0.05) is 0 Å². The summed E-state index contributed by atoms with van der Waals surface area (Å²) in [5, 5.41) is 6.72. The first-order valence-electron chi connectivity index (χ1n) is 12.4. The van der Waals surface area contributed by atoms with Crippen molar-refractivity contribution in [3.63, 3.8) is 0 Å². The molecule has 15 heteroatoms. The van der Waals surface area contributed by atoms with E-state index in [2.05, 4.69) is 30.4 Å². The summed E-state index contributed by atoms with van der Waals surface area (Å²) >= 11 is 0. The summed E-state index contributed by atoms with van der Waals surface area (Å²) in [6.45, 7) is 5.35. The maximum absolute atomic E-state index is 15.1. The molecular formula is C26H22F4N8O3. The van der Waals surface area contributed by atoms with Gasteiger partial charge in [-0.2, -0.15) is 23.0 Å². The molecule has 41 heavy (non-hydrogen) atoms. The van der Waals surface area contributed by atoms with Crippen molar-refractivity contribution >= 4 is 16.9 Å². The molecule has 212 valence electrons. The molecule has 0 radical (unpaired) electrons. The summed E-state index contributed by atoms with van der Waals surface area (Å²) in [6.07, 6.45) is -1.34. The van der Waals surface area contributed by atoms with Gasteiger partial charge in [0.25, 0.3) is 5.95 Å². The number of alkyl halides is 3. The van der Waals surface area contributed by atoms with E-state index in [1.54, 1.807) is 6.92 Å². The molecule has 0 amide bonds. The van der Waals surface area contributed by atoms with Gasteiger partial charge < -0.3 is 14.8 Å². The van der Waals surface area contributed by atoms with E-state index in [-0.39, 0.29) is 40.4 Å². The van der Waals surface area contributed by atoms with Crippen LogP contribution in [0.2, 0.25) is 0 Å². The molecule has 4 aromatic heterocycles. The van der Waals surface area contributed by atoms with Gasteiger partial charge in [-0.15, -0.1) is 0 Å². The molecular weight excluding hydrogens is 548 g/mol. The molecule has 2 unspecified atom stereocenters. The van der Waals surface area contributed by atoms with Crippen LogP contribution in [-0.2, 0) is 10.9 Å². The van der Waals surface area contributed by atoms with Gasteiger partial charge in [-0.3, -0.25) is 9.55 Å². The van der Waals surface area contributed by atoms with Gasteiger partial charge in [-0.05, 0) is 38.5 Å². The summed E-state index contributed by atoms with van der Waals surface area (Å²) in [5.41, 5.74) is -0.00743. The number of pyridine rings is 1. The lowest BCUT2D eigenvalue weighted by molar-refractivity contribution is -0.143. The molecule has 0 bridgehead atoms. The fourth-order valence-corrected chi connectivity index (χ4v) is 4.51. The molecule has 5 aromatic rings.